The molecule has 1 aromatic carbocycles. The van der Waals surface area contributed by atoms with Gasteiger partial charge in [0.05, 0.1) is 17.6 Å². The van der Waals surface area contributed by atoms with Gasteiger partial charge in [-0.15, -0.1) is 0 Å². The van der Waals surface area contributed by atoms with E-state index in [1.807, 2.05) is 0 Å². The number of nitrogens with one attached hydrogen (secondary N) is 1. The van der Waals surface area contributed by atoms with Gasteiger partial charge in [0.25, 0.3) is 5.69 Å². The van der Waals surface area contributed by atoms with Crippen LogP contribution in [0.15, 0.2) is 22.7 Å². The average molecular weight is 319 g/mol. The maximum absolute atomic E-state index is 10.9. The number of nitrogens with zero attached hydrogens (tertiary/aromatic N) is 1. The summed E-state index contributed by atoms with van der Waals surface area (Å²) in [5.74, 6) is 0. The summed E-state index contributed by atoms with van der Waals surface area (Å²) < 4.78 is 5.44. The van der Waals surface area contributed by atoms with Gasteiger partial charge < -0.3 is 15.2 Å². The van der Waals surface area contributed by atoms with E-state index in [1.54, 1.807) is 12.1 Å². The number of ether oxygens (including phenoxy) is 1. The Kier molecular flexibility index (Phi) is 6.20. The second-order valence-electron chi connectivity index (χ2n) is 3.77. The van der Waals surface area contributed by atoms with Crippen LogP contribution in [0, 0.1) is 10.1 Å². The summed E-state index contributed by atoms with van der Waals surface area (Å²) in [7, 11) is 1.50. The summed E-state index contributed by atoms with van der Waals surface area (Å²) in [6.45, 7) is 0.876. The second-order valence-corrected chi connectivity index (χ2v) is 4.69. The van der Waals surface area contributed by atoms with Crippen molar-refractivity contribution in [2.24, 2.45) is 0 Å². The largest absolute Gasteiger partial charge is 0.389 e. The number of aliphatic hydroxyl groups is 1. The SMILES string of the molecule is COCC(O)CNCc1ccc(Br)cc1[N+](=O)[O-]. The third-order valence-corrected chi connectivity index (χ3v) is 2.79. The molecular weight excluding hydrogens is 304 g/mol. The number of rotatable bonds is 7. The normalized spacial score (nSPS) is 12.4. The Bertz CT molecular complexity index is 414. The van der Waals surface area contributed by atoms with Gasteiger partial charge in [0.15, 0.2) is 0 Å². The van der Waals surface area contributed by atoms with Crippen LogP contribution in [0.3, 0.4) is 0 Å². The van der Waals surface area contributed by atoms with Crippen LogP contribution < -0.4 is 5.32 Å². The summed E-state index contributed by atoms with van der Waals surface area (Å²) in [5, 5.41) is 23.2. The molecule has 0 spiro atoms. The third kappa shape index (κ3) is 4.69. The summed E-state index contributed by atoms with van der Waals surface area (Å²) in [6, 6.07) is 4.89. The van der Waals surface area contributed by atoms with Crippen LogP contribution in [0.5, 0.6) is 0 Å². The molecule has 1 unspecified atom stereocenters. The number of hydrogen-bond donors (Lipinski definition) is 2. The predicted octanol–water partition coefficient (Wildman–Crippen LogP) is 1.45. The molecule has 0 bridgehead atoms. The smallest absolute Gasteiger partial charge is 0.275 e. The Labute approximate surface area is 113 Å². The molecule has 0 fully saturated rings. The van der Waals surface area contributed by atoms with Crippen molar-refractivity contribution >= 4 is 21.6 Å². The van der Waals surface area contributed by atoms with E-state index in [9.17, 15) is 15.2 Å². The van der Waals surface area contributed by atoms with Crippen LogP contribution in [0.2, 0.25) is 0 Å². The van der Waals surface area contributed by atoms with E-state index in [-0.39, 0.29) is 12.3 Å². The van der Waals surface area contributed by atoms with E-state index in [0.29, 0.717) is 23.1 Å². The van der Waals surface area contributed by atoms with Gasteiger partial charge in [-0.25, -0.2) is 0 Å². The maximum atomic E-state index is 10.9. The van der Waals surface area contributed by atoms with Crippen LogP contribution in [-0.2, 0) is 11.3 Å². The number of hydrogen-bond acceptors (Lipinski definition) is 5. The fourth-order valence-corrected chi connectivity index (χ4v) is 1.83. The lowest BCUT2D eigenvalue weighted by molar-refractivity contribution is -0.385. The number of aliphatic hydroxyl groups excluding tert-OH is 1. The van der Waals surface area contributed by atoms with Crippen molar-refractivity contribution in [2.45, 2.75) is 12.6 Å². The highest BCUT2D eigenvalue weighted by Crippen LogP contribution is 2.23. The van der Waals surface area contributed by atoms with E-state index in [2.05, 4.69) is 21.2 Å². The van der Waals surface area contributed by atoms with Crippen molar-refractivity contribution in [3.8, 4) is 0 Å². The van der Waals surface area contributed by atoms with Crippen LogP contribution in [-0.4, -0.2) is 36.4 Å². The van der Waals surface area contributed by atoms with Gasteiger partial charge in [-0.05, 0) is 12.1 Å². The maximum Gasteiger partial charge on any atom is 0.275 e. The molecule has 18 heavy (non-hydrogen) atoms. The van der Waals surface area contributed by atoms with Gasteiger partial charge in [-0.3, -0.25) is 10.1 Å². The molecular formula is C11H15BrN2O4. The first kappa shape index (κ1) is 15.0. The van der Waals surface area contributed by atoms with E-state index in [0.717, 1.165) is 0 Å². The fourth-order valence-electron chi connectivity index (χ4n) is 1.48. The zero-order valence-electron chi connectivity index (χ0n) is 9.93. The minimum absolute atomic E-state index is 0.0538. The Balaban J connectivity index is 2.59. The Morgan fingerprint density at radius 3 is 2.94 bits per heavy atom. The molecule has 0 amide bonds. The molecule has 1 rings (SSSR count). The van der Waals surface area contributed by atoms with Gasteiger partial charge in [-0.1, -0.05) is 15.9 Å². The monoisotopic (exact) mass is 318 g/mol. The van der Waals surface area contributed by atoms with Gasteiger partial charge in [-0.2, -0.15) is 0 Å². The molecule has 0 aromatic heterocycles. The highest BCUT2D eigenvalue weighted by atomic mass is 79.9. The molecule has 1 aromatic rings. The van der Waals surface area contributed by atoms with Crippen LogP contribution in [0.4, 0.5) is 5.69 Å². The van der Waals surface area contributed by atoms with E-state index < -0.39 is 11.0 Å². The van der Waals surface area contributed by atoms with Gasteiger partial charge in [0, 0.05) is 36.3 Å². The predicted molar refractivity (Wildman–Crippen MR) is 70.4 cm³/mol. The van der Waals surface area contributed by atoms with Crippen LogP contribution in [0.25, 0.3) is 0 Å². The molecule has 7 heteroatoms. The third-order valence-electron chi connectivity index (χ3n) is 2.30. The van der Waals surface area contributed by atoms with Gasteiger partial charge in [0.2, 0.25) is 0 Å². The first-order valence-corrected chi connectivity index (χ1v) is 6.14. The Morgan fingerprint density at radius 2 is 2.33 bits per heavy atom. The van der Waals surface area contributed by atoms with E-state index in [1.165, 1.54) is 13.2 Å². The quantitative estimate of drug-likeness (QED) is 0.587. The van der Waals surface area contributed by atoms with Crippen LogP contribution in [0.1, 0.15) is 5.56 Å². The summed E-state index contributed by atoms with van der Waals surface area (Å²) in [5.41, 5.74) is 0.630. The van der Waals surface area contributed by atoms with Crippen LogP contribution >= 0.6 is 15.9 Å². The lowest BCUT2D eigenvalue weighted by atomic mass is 10.2. The molecule has 0 aliphatic carbocycles. The number of halogens is 1. The number of benzene rings is 1. The van der Waals surface area contributed by atoms with Crippen molar-refractivity contribution in [3.63, 3.8) is 0 Å². The lowest BCUT2D eigenvalue weighted by Crippen LogP contribution is -2.29. The Morgan fingerprint density at radius 1 is 1.61 bits per heavy atom. The van der Waals surface area contributed by atoms with Crippen molar-refractivity contribution < 1.29 is 14.8 Å². The van der Waals surface area contributed by atoms with E-state index >= 15 is 0 Å². The van der Waals surface area contributed by atoms with Crippen molar-refractivity contribution in [1.82, 2.24) is 5.32 Å². The van der Waals surface area contributed by atoms with Crippen molar-refractivity contribution in [2.75, 3.05) is 20.3 Å². The fraction of sp³-hybridized carbons (Fsp3) is 0.455. The minimum atomic E-state index is -0.621. The first-order valence-electron chi connectivity index (χ1n) is 5.35. The molecule has 0 aliphatic heterocycles. The van der Waals surface area contributed by atoms with Crippen molar-refractivity contribution in [1.29, 1.82) is 0 Å². The molecule has 0 radical (unpaired) electrons. The summed E-state index contributed by atoms with van der Waals surface area (Å²) in [4.78, 5) is 10.4. The zero-order valence-corrected chi connectivity index (χ0v) is 11.5. The molecule has 6 nitrogen and oxygen atoms in total. The van der Waals surface area contributed by atoms with Crippen molar-refractivity contribution in [3.05, 3.63) is 38.3 Å². The highest BCUT2D eigenvalue weighted by Gasteiger charge is 2.14. The summed E-state index contributed by atoms with van der Waals surface area (Å²) >= 11 is 3.20. The lowest BCUT2D eigenvalue weighted by Gasteiger charge is -2.10. The molecule has 100 valence electrons. The second kappa shape index (κ2) is 7.42. The molecule has 1 atom stereocenters. The standard InChI is InChI=1S/C11H15BrN2O4/c1-18-7-10(15)6-13-5-8-2-3-9(12)4-11(8)14(16)17/h2-4,10,13,15H,5-7H2,1H3. The van der Waals surface area contributed by atoms with Gasteiger partial charge in [0.1, 0.15) is 0 Å². The zero-order chi connectivity index (χ0) is 13.5. The average Bonchev–Trinajstić information content (AvgIpc) is 2.31. The Hall–Kier alpha value is -1.02. The number of nitro benzene ring substituents is 1. The topological polar surface area (TPSA) is 84.6 Å². The number of methoxy groups -OCH3 is 1. The molecule has 0 heterocycles. The number of nitro groups is 1. The molecule has 0 saturated heterocycles. The van der Waals surface area contributed by atoms with Gasteiger partial charge >= 0.3 is 0 Å². The minimum Gasteiger partial charge on any atom is -0.389 e. The highest BCUT2D eigenvalue weighted by molar-refractivity contribution is 9.10. The molecule has 0 aliphatic rings. The first-order chi connectivity index (χ1) is 8.54. The molecule has 2 N–H and O–H groups in total. The summed E-state index contributed by atoms with van der Waals surface area (Å²) in [6.07, 6.45) is -0.621. The molecule has 0 saturated carbocycles. The van der Waals surface area contributed by atoms with E-state index in [4.69, 9.17) is 4.74 Å².